The van der Waals surface area contributed by atoms with E-state index in [0.717, 1.165) is 23.4 Å². The second-order valence-electron chi connectivity index (χ2n) is 5.64. The van der Waals surface area contributed by atoms with Crippen LogP contribution >= 0.6 is 0 Å². The van der Waals surface area contributed by atoms with E-state index in [4.69, 9.17) is 4.74 Å². The number of imidazole rings is 1. The van der Waals surface area contributed by atoms with Gasteiger partial charge in [-0.2, -0.15) is 0 Å². The molecular weight excluding hydrogens is 318 g/mol. The highest BCUT2D eigenvalue weighted by Crippen LogP contribution is 2.17. The predicted molar refractivity (Wildman–Crippen MR) is 96.7 cm³/mol. The number of anilines is 1. The summed E-state index contributed by atoms with van der Waals surface area (Å²) in [5, 5.41) is 2.82. The molecular formula is C18H21N5O2. The second-order valence-corrected chi connectivity index (χ2v) is 5.64. The van der Waals surface area contributed by atoms with E-state index in [-0.39, 0.29) is 6.03 Å². The molecule has 2 amide bonds. The largest absolute Gasteiger partial charge is 0.481 e. The molecule has 2 aromatic heterocycles. The number of aryl methyl sites for hydroxylation is 1. The monoisotopic (exact) mass is 339 g/mol. The minimum Gasteiger partial charge on any atom is -0.481 e. The lowest BCUT2D eigenvalue weighted by molar-refractivity contribution is 0.219. The number of para-hydroxylation sites is 2. The summed E-state index contributed by atoms with van der Waals surface area (Å²) in [6.45, 7) is 3.28. The van der Waals surface area contributed by atoms with Gasteiger partial charge in [-0.1, -0.05) is 12.1 Å². The van der Waals surface area contributed by atoms with Crippen LogP contribution in [-0.4, -0.2) is 39.6 Å². The maximum Gasteiger partial charge on any atom is 0.322 e. The fourth-order valence-corrected chi connectivity index (χ4v) is 2.68. The third-order valence-electron chi connectivity index (χ3n) is 3.97. The molecule has 1 N–H and O–H groups in total. The van der Waals surface area contributed by atoms with E-state index in [9.17, 15) is 4.79 Å². The topological polar surface area (TPSA) is 72.3 Å². The van der Waals surface area contributed by atoms with Crippen molar-refractivity contribution in [2.75, 3.05) is 19.5 Å². The Hall–Kier alpha value is -3.09. The molecule has 0 bridgehead atoms. The zero-order valence-corrected chi connectivity index (χ0v) is 14.6. The molecule has 7 heteroatoms. The highest BCUT2D eigenvalue weighted by Gasteiger charge is 2.15. The van der Waals surface area contributed by atoms with Gasteiger partial charge in [0.05, 0.1) is 36.6 Å². The van der Waals surface area contributed by atoms with Gasteiger partial charge in [0.15, 0.2) is 0 Å². The number of aromatic nitrogens is 3. The first kappa shape index (κ1) is 16.8. The molecule has 7 nitrogen and oxygen atoms in total. The zero-order valence-electron chi connectivity index (χ0n) is 14.6. The van der Waals surface area contributed by atoms with Gasteiger partial charge in [-0.3, -0.25) is 0 Å². The van der Waals surface area contributed by atoms with E-state index < -0.39 is 0 Å². The molecule has 25 heavy (non-hydrogen) atoms. The predicted octanol–water partition coefficient (Wildman–Crippen LogP) is 3.12. The molecule has 130 valence electrons. The van der Waals surface area contributed by atoms with E-state index in [1.807, 2.05) is 24.3 Å². The van der Waals surface area contributed by atoms with Gasteiger partial charge in [-0.15, -0.1) is 0 Å². The Balaban J connectivity index is 1.72. The van der Waals surface area contributed by atoms with Gasteiger partial charge in [0.25, 0.3) is 0 Å². The van der Waals surface area contributed by atoms with Crippen molar-refractivity contribution in [2.45, 2.75) is 20.0 Å². The summed E-state index contributed by atoms with van der Waals surface area (Å²) >= 11 is 0. The van der Waals surface area contributed by atoms with Crippen LogP contribution in [0.25, 0.3) is 11.0 Å². The van der Waals surface area contributed by atoms with Crippen molar-refractivity contribution >= 4 is 22.8 Å². The summed E-state index contributed by atoms with van der Waals surface area (Å²) in [5.41, 5.74) is 2.63. The quantitative estimate of drug-likeness (QED) is 0.775. The minimum atomic E-state index is -0.221. The summed E-state index contributed by atoms with van der Waals surface area (Å²) in [4.78, 5) is 22.7. The van der Waals surface area contributed by atoms with Crippen LogP contribution in [0.3, 0.4) is 0 Å². The Morgan fingerprint density at radius 2 is 2.08 bits per heavy atom. The number of hydrogen-bond acceptors (Lipinski definition) is 4. The average Bonchev–Trinajstić information content (AvgIpc) is 2.99. The molecule has 0 saturated heterocycles. The molecule has 0 aliphatic rings. The van der Waals surface area contributed by atoms with E-state index in [1.165, 1.54) is 0 Å². The smallest absolute Gasteiger partial charge is 0.322 e. The van der Waals surface area contributed by atoms with Crippen molar-refractivity contribution in [1.82, 2.24) is 19.4 Å². The Bertz CT molecular complexity index is 873. The first-order valence-corrected chi connectivity index (χ1v) is 8.08. The van der Waals surface area contributed by atoms with Gasteiger partial charge in [0, 0.05) is 19.7 Å². The maximum atomic E-state index is 12.4. The molecule has 0 spiro atoms. The van der Waals surface area contributed by atoms with E-state index in [2.05, 4.69) is 26.8 Å². The molecule has 0 fully saturated rings. The SMILES string of the molecule is CCn1c(CN(C)C(=O)Nc2ccc(OC)nc2)nc2ccccc21. The van der Waals surface area contributed by atoms with Crippen LogP contribution in [0.2, 0.25) is 0 Å². The number of hydrogen-bond donors (Lipinski definition) is 1. The van der Waals surface area contributed by atoms with Crippen LogP contribution < -0.4 is 10.1 Å². The average molecular weight is 339 g/mol. The van der Waals surface area contributed by atoms with Crippen LogP contribution in [0.5, 0.6) is 5.88 Å². The Kier molecular flexibility index (Phi) is 4.83. The number of amides is 2. The summed E-state index contributed by atoms with van der Waals surface area (Å²) in [6, 6.07) is 11.2. The van der Waals surface area contributed by atoms with Gasteiger partial charge < -0.3 is 19.5 Å². The number of carbonyl (C=O) groups is 1. The number of fused-ring (bicyclic) bond motifs is 1. The van der Waals surface area contributed by atoms with E-state index in [1.54, 1.807) is 37.4 Å². The lowest BCUT2D eigenvalue weighted by Gasteiger charge is -2.18. The Morgan fingerprint density at radius 1 is 1.28 bits per heavy atom. The maximum absolute atomic E-state index is 12.4. The first-order valence-electron chi connectivity index (χ1n) is 8.08. The van der Waals surface area contributed by atoms with E-state index in [0.29, 0.717) is 18.1 Å². The van der Waals surface area contributed by atoms with Crippen molar-refractivity contribution < 1.29 is 9.53 Å². The molecule has 0 radical (unpaired) electrons. The van der Waals surface area contributed by atoms with Gasteiger partial charge in [-0.25, -0.2) is 14.8 Å². The number of urea groups is 1. The molecule has 0 saturated carbocycles. The summed E-state index contributed by atoms with van der Waals surface area (Å²) in [5.74, 6) is 1.36. The number of benzene rings is 1. The number of nitrogens with zero attached hydrogens (tertiary/aromatic N) is 4. The van der Waals surface area contributed by atoms with Gasteiger partial charge in [0.2, 0.25) is 5.88 Å². The number of nitrogens with one attached hydrogen (secondary N) is 1. The van der Waals surface area contributed by atoms with Crippen LogP contribution in [0.4, 0.5) is 10.5 Å². The Morgan fingerprint density at radius 3 is 2.76 bits per heavy atom. The molecule has 3 rings (SSSR count). The summed E-state index contributed by atoms with van der Waals surface area (Å²) < 4.78 is 7.13. The molecule has 2 heterocycles. The number of rotatable bonds is 5. The van der Waals surface area contributed by atoms with Crippen LogP contribution in [0, 0.1) is 0 Å². The number of methoxy groups -OCH3 is 1. The first-order chi connectivity index (χ1) is 12.1. The molecule has 0 atom stereocenters. The van der Waals surface area contributed by atoms with Gasteiger partial charge in [0.1, 0.15) is 5.82 Å². The lowest BCUT2D eigenvalue weighted by Crippen LogP contribution is -2.31. The third-order valence-corrected chi connectivity index (χ3v) is 3.97. The Labute approximate surface area is 146 Å². The fraction of sp³-hybridized carbons (Fsp3) is 0.278. The highest BCUT2D eigenvalue weighted by molar-refractivity contribution is 5.89. The molecule has 0 aliphatic carbocycles. The number of ether oxygens (including phenoxy) is 1. The molecule has 0 aliphatic heterocycles. The number of carbonyl (C=O) groups excluding carboxylic acids is 1. The third kappa shape index (κ3) is 3.55. The second kappa shape index (κ2) is 7.21. The van der Waals surface area contributed by atoms with Crippen molar-refractivity contribution in [3.8, 4) is 5.88 Å². The van der Waals surface area contributed by atoms with Crippen molar-refractivity contribution in [3.05, 3.63) is 48.4 Å². The van der Waals surface area contributed by atoms with Crippen LogP contribution in [0.15, 0.2) is 42.6 Å². The van der Waals surface area contributed by atoms with Gasteiger partial charge in [-0.05, 0) is 25.1 Å². The van der Waals surface area contributed by atoms with Crippen molar-refractivity contribution in [3.63, 3.8) is 0 Å². The standard InChI is InChI=1S/C18H21N5O2/c1-4-23-15-8-6-5-7-14(15)21-16(23)12-22(2)18(24)20-13-9-10-17(25-3)19-11-13/h5-11H,4,12H2,1-3H3,(H,20,24). The zero-order chi connectivity index (χ0) is 17.8. The van der Waals surface area contributed by atoms with E-state index >= 15 is 0 Å². The highest BCUT2D eigenvalue weighted by atomic mass is 16.5. The van der Waals surface area contributed by atoms with Gasteiger partial charge >= 0.3 is 6.03 Å². The summed E-state index contributed by atoms with van der Waals surface area (Å²) in [6.07, 6.45) is 1.56. The minimum absolute atomic E-state index is 0.221. The van der Waals surface area contributed by atoms with Crippen LogP contribution in [0.1, 0.15) is 12.7 Å². The van der Waals surface area contributed by atoms with Crippen molar-refractivity contribution in [2.24, 2.45) is 0 Å². The summed E-state index contributed by atoms with van der Waals surface area (Å²) in [7, 11) is 3.29. The molecule has 3 aromatic rings. The van der Waals surface area contributed by atoms with Crippen molar-refractivity contribution in [1.29, 1.82) is 0 Å². The fourth-order valence-electron chi connectivity index (χ4n) is 2.68. The molecule has 1 aromatic carbocycles. The van der Waals surface area contributed by atoms with Crippen LogP contribution in [-0.2, 0) is 13.1 Å². The normalized spacial score (nSPS) is 10.7. The number of pyridine rings is 1. The lowest BCUT2D eigenvalue weighted by atomic mass is 10.3. The molecule has 0 unspecified atom stereocenters.